The highest BCUT2D eigenvalue weighted by molar-refractivity contribution is 6.33. The first-order chi connectivity index (χ1) is 8.02. The molecular weight excluding hydrogens is 255 g/mol. The summed E-state index contributed by atoms with van der Waals surface area (Å²) < 4.78 is 0. The van der Waals surface area contributed by atoms with Crippen molar-refractivity contribution in [3.8, 4) is 0 Å². The van der Waals surface area contributed by atoms with Crippen LogP contribution in [-0.2, 0) is 6.54 Å². The zero-order valence-electron chi connectivity index (χ0n) is 10.0. The Bertz CT molecular complexity index is 408. The van der Waals surface area contributed by atoms with Crippen molar-refractivity contribution in [2.75, 3.05) is 19.6 Å². The maximum Gasteiger partial charge on any atom is 0.0452 e. The number of benzene rings is 1. The summed E-state index contributed by atoms with van der Waals surface area (Å²) in [6.07, 6.45) is 1.15. The van der Waals surface area contributed by atoms with Gasteiger partial charge in [0.1, 0.15) is 0 Å². The zero-order chi connectivity index (χ0) is 12.5. The summed E-state index contributed by atoms with van der Waals surface area (Å²) in [5, 5.41) is 1.53. The Morgan fingerprint density at radius 1 is 1.41 bits per heavy atom. The molecule has 1 aliphatic rings. The fraction of sp³-hybridized carbons (Fsp3) is 0.538. The number of nitrogens with two attached hydrogens (primary N) is 1. The highest BCUT2D eigenvalue weighted by Gasteiger charge is 2.32. The van der Waals surface area contributed by atoms with Gasteiger partial charge in [0.25, 0.3) is 0 Å². The van der Waals surface area contributed by atoms with Gasteiger partial charge in [-0.25, -0.2) is 0 Å². The highest BCUT2D eigenvalue weighted by atomic mass is 35.5. The third-order valence-electron chi connectivity index (χ3n) is 3.53. The number of halogens is 2. The monoisotopic (exact) mass is 272 g/mol. The summed E-state index contributed by atoms with van der Waals surface area (Å²) in [4.78, 5) is 2.39. The van der Waals surface area contributed by atoms with Crippen LogP contribution in [-0.4, -0.2) is 24.5 Å². The average molecular weight is 273 g/mol. The Morgan fingerprint density at radius 2 is 2.18 bits per heavy atom. The van der Waals surface area contributed by atoms with Crippen LogP contribution in [0.3, 0.4) is 0 Å². The van der Waals surface area contributed by atoms with Crippen molar-refractivity contribution in [3.63, 3.8) is 0 Å². The Morgan fingerprint density at radius 3 is 2.82 bits per heavy atom. The van der Waals surface area contributed by atoms with E-state index in [0.717, 1.165) is 48.2 Å². The standard InChI is InChI=1S/C13H18Cl2N2/c1-13(8-16)4-5-17(9-13)7-10-6-11(14)2-3-12(10)15/h2-3,6H,4-5,7-9,16H2,1H3. The Hall–Kier alpha value is -0.280. The Balaban J connectivity index is 2.05. The molecule has 2 nitrogen and oxygen atoms in total. The second kappa shape index (κ2) is 5.15. The van der Waals surface area contributed by atoms with E-state index in [1.807, 2.05) is 18.2 Å². The summed E-state index contributed by atoms with van der Waals surface area (Å²) in [7, 11) is 0. The van der Waals surface area contributed by atoms with Crippen LogP contribution in [0, 0.1) is 5.41 Å². The van der Waals surface area contributed by atoms with Gasteiger partial charge >= 0.3 is 0 Å². The first-order valence-corrected chi connectivity index (χ1v) is 6.64. The molecule has 1 saturated heterocycles. The second-order valence-electron chi connectivity index (χ2n) is 5.21. The van der Waals surface area contributed by atoms with E-state index in [0.29, 0.717) is 0 Å². The van der Waals surface area contributed by atoms with Crippen molar-refractivity contribution in [3.05, 3.63) is 33.8 Å². The van der Waals surface area contributed by atoms with Gasteiger partial charge in [-0.3, -0.25) is 4.90 Å². The molecule has 0 radical (unpaired) electrons. The molecule has 1 heterocycles. The largest absolute Gasteiger partial charge is 0.330 e. The molecule has 0 amide bonds. The van der Waals surface area contributed by atoms with E-state index >= 15 is 0 Å². The van der Waals surface area contributed by atoms with Gasteiger partial charge in [0.05, 0.1) is 0 Å². The van der Waals surface area contributed by atoms with E-state index in [4.69, 9.17) is 28.9 Å². The van der Waals surface area contributed by atoms with Crippen LogP contribution in [0.2, 0.25) is 10.0 Å². The third-order valence-corrected chi connectivity index (χ3v) is 4.14. The minimum absolute atomic E-state index is 0.255. The molecule has 0 aromatic heterocycles. The number of rotatable bonds is 3. The number of likely N-dealkylation sites (tertiary alicyclic amines) is 1. The van der Waals surface area contributed by atoms with E-state index in [2.05, 4.69) is 11.8 Å². The van der Waals surface area contributed by atoms with Crippen LogP contribution in [0.5, 0.6) is 0 Å². The maximum atomic E-state index is 6.17. The lowest BCUT2D eigenvalue weighted by Crippen LogP contribution is -2.31. The summed E-state index contributed by atoms with van der Waals surface area (Å²) >= 11 is 12.2. The Kier molecular flexibility index (Phi) is 3.99. The topological polar surface area (TPSA) is 29.3 Å². The van der Waals surface area contributed by atoms with Crippen molar-refractivity contribution in [1.29, 1.82) is 0 Å². The molecule has 0 aliphatic carbocycles. The van der Waals surface area contributed by atoms with Crippen LogP contribution in [0.1, 0.15) is 18.9 Å². The molecule has 0 saturated carbocycles. The zero-order valence-corrected chi connectivity index (χ0v) is 11.6. The lowest BCUT2D eigenvalue weighted by molar-refractivity contribution is 0.274. The van der Waals surface area contributed by atoms with Crippen molar-refractivity contribution in [2.24, 2.45) is 11.1 Å². The molecule has 2 rings (SSSR count). The summed E-state index contributed by atoms with van der Waals surface area (Å²) in [5.74, 6) is 0. The quantitative estimate of drug-likeness (QED) is 0.916. The molecule has 0 spiro atoms. The SMILES string of the molecule is CC1(CN)CCN(Cc2cc(Cl)ccc2Cl)C1. The van der Waals surface area contributed by atoms with Crippen LogP contribution in [0.15, 0.2) is 18.2 Å². The number of hydrogen-bond acceptors (Lipinski definition) is 2. The fourth-order valence-electron chi connectivity index (χ4n) is 2.33. The van der Waals surface area contributed by atoms with Gasteiger partial charge in [0, 0.05) is 23.1 Å². The van der Waals surface area contributed by atoms with E-state index in [9.17, 15) is 0 Å². The minimum Gasteiger partial charge on any atom is -0.330 e. The van der Waals surface area contributed by atoms with Gasteiger partial charge in [-0.15, -0.1) is 0 Å². The van der Waals surface area contributed by atoms with Crippen LogP contribution in [0.25, 0.3) is 0 Å². The predicted octanol–water partition coefficient (Wildman–Crippen LogP) is 3.16. The van der Waals surface area contributed by atoms with E-state index in [1.165, 1.54) is 0 Å². The smallest absolute Gasteiger partial charge is 0.0452 e. The predicted molar refractivity (Wildman–Crippen MR) is 73.5 cm³/mol. The first kappa shape index (κ1) is 13.2. The summed E-state index contributed by atoms with van der Waals surface area (Å²) in [6, 6.07) is 5.63. The normalized spacial score (nSPS) is 25.4. The van der Waals surface area contributed by atoms with Crippen LogP contribution in [0.4, 0.5) is 0 Å². The third kappa shape index (κ3) is 3.14. The highest BCUT2D eigenvalue weighted by Crippen LogP contribution is 2.31. The molecular formula is C13H18Cl2N2. The van der Waals surface area contributed by atoms with E-state index in [-0.39, 0.29) is 5.41 Å². The van der Waals surface area contributed by atoms with Crippen molar-refractivity contribution in [1.82, 2.24) is 4.90 Å². The van der Waals surface area contributed by atoms with Gasteiger partial charge in [0.15, 0.2) is 0 Å². The average Bonchev–Trinajstić information content (AvgIpc) is 2.67. The van der Waals surface area contributed by atoms with Crippen molar-refractivity contribution in [2.45, 2.75) is 19.9 Å². The molecule has 17 heavy (non-hydrogen) atoms. The lowest BCUT2D eigenvalue weighted by atomic mass is 9.90. The molecule has 1 aliphatic heterocycles. The summed E-state index contributed by atoms with van der Waals surface area (Å²) in [5.41, 5.74) is 7.16. The van der Waals surface area contributed by atoms with Crippen molar-refractivity contribution < 1.29 is 0 Å². The molecule has 1 unspecified atom stereocenters. The molecule has 1 aromatic rings. The fourth-order valence-corrected chi connectivity index (χ4v) is 2.70. The lowest BCUT2D eigenvalue weighted by Gasteiger charge is -2.22. The summed E-state index contributed by atoms with van der Waals surface area (Å²) in [6.45, 7) is 5.96. The van der Waals surface area contributed by atoms with Gasteiger partial charge < -0.3 is 5.73 Å². The molecule has 0 bridgehead atoms. The van der Waals surface area contributed by atoms with Crippen LogP contribution < -0.4 is 5.73 Å². The van der Waals surface area contributed by atoms with E-state index in [1.54, 1.807) is 0 Å². The molecule has 1 aromatic carbocycles. The molecule has 4 heteroatoms. The van der Waals surface area contributed by atoms with Crippen molar-refractivity contribution >= 4 is 23.2 Å². The van der Waals surface area contributed by atoms with Crippen LogP contribution >= 0.6 is 23.2 Å². The number of hydrogen-bond donors (Lipinski definition) is 1. The number of nitrogens with zero attached hydrogens (tertiary/aromatic N) is 1. The molecule has 1 atom stereocenters. The maximum absolute atomic E-state index is 6.17. The molecule has 94 valence electrons. The van der Waals surface area contributed by atoms with Gasteiger partial charge in [-0.05, 0) is 48.7 Å². The molecule has 1 fully saturated rings. The Labute approximate surface area is 113 Å². The van der Waals surface area contributed by atoms with Gasteiger partial charge in [-0.1, -0.05) is 30.1 Å². The molecule has 2 N–H and O–H groups in total. The second-order valence-corrected chi connectivity index (χ2v) is 6.05. The van der Waals surface area contributed by atoms with Gasteiger partial charge in [0.2, 0.25) is 0 Å². The minimum atomic E-state index is 0.255. The van der Waals surface area contributed by atoms with Gasteiger partial charge in [-0.2, -0.15) is 0 Å². The van der Waals surface area contributed by atoms with E-state index < -0.39 is 0 Å². The first-order valence-electron chi connectivity index (χ1n) is 5.89.